The van der Waals surface area contributed by atoms with Crippen molar-refractivity contribution in [3.8, 4) is 11.5 Å². The Balaban J connectivity index is 1.52. The van der Waals surface area contributed by atoms with Gasteiger partial charge in [0.1, 0.15) is 0 Å². The Morgan fingerprint density at radius 2 is 2.00 bits per heavy atom. The molecular formula is C18H18N2O5S2. The molecule has 4 rings (SSSR count). The van der Waals surface area contributed by atoms with Gasteiger partial charge in [0.05, 0.1) is 10.6 Å². The van der Waals surface area contributed by atoms with Crippen molar-refractivity contribution in [1.29, 1.82) is 0 Å². The lowest BCUT2D eigenvalue weighted by molar-refractivity contribution is -0.118. The largest absolute Gasteiger partial charge is 0.454 e. The third kappa shape index (κ3) is 3.76. The highest BCUT2D eigenvalue weighted by Gasteiger charge is 2.23. The molecule has 9 heteroatoms. The molecule has 0 bridgehead atoms. The second kappa shape index (κ2) is 7.06. The minimum atomic E-state index is -3.73. The van der Waals surface area contributed by atoms with Crippen molar-refractivity contribution >= 4 is 33.4 Å². The number of rotatable bonds is 4. The molecule has 1 amide bonds. The first-order valence-corrected chi connectivity index (χ1v) is 10.9. The number of ether oxygens (including phenoxy) is 2. The number of fused-ring (bicyclic) bond motifs is 2. The molecule has 0 aliphatic carbocycles. The van der Waals surface area contributed by atoms with Crippen LogP contribution in [0.25, 0.3) is 0 Å². The summed E-state index contributed by atoms with van der Waals surface area (Å²) in [6.45, 7) is 2.13. The van der Waals surface area contributed by atoms with Crippen molar-refractivity contribution in [3.63, 3.8) is 0 Å². The van der Waals surface area contributed by atoms with Crippen LogP contribution in [0, 0.1) is 5.92 Å². The summed E-state index contributed by atoms with van der Waals surface area (Å²) in [5.41, 5.74) is 1.29. The zero-order valence-corrected chi connectivity index (χ0v) is 16.2. The molecule has 0 radical (unpaired) electrons. The van der Waals surface area contributed by atoms with E-state index in [4.69, 9.17) is 9.47 Å². The molecular weight excluding hydrogens is 388 g/mol. The van der Waals surface area contributed by atoms with Gasteiger partial charge in [-0.15, -0.1) is 11.8 Å². The lowest BCUT2D eigenvalue weighted by Gasteiger charge is -2.11. The average Bonchev–Trinajstić information content (AvgIpc) is 3.07. The third-order valence-corrected chi connectivity index (χ3v) is 7.09. The Hall–Kier alpha value is -2.23. The molecule has 2 aliphatic heterocycles. The Morgan fingerprint density at radius 1 is 1.19 bits per heavy atom. The molecule has 2 N–H and O–H groups in total. The second-order valence-electron chi connectivity index (χ2n) is 6.37. The van der Waals surface area contributed by atoms with Crippen LogP contribution >= 0.6 is 11.8 Å². The van der Waals surface area contributed by atoms with E-state index in [2.05, 4.69) is 10.0 Å². The molecule has 0 aromatic heterocycles. The fourth-order valence-corrected chi connectivity index (χ4v) is 4.81. The van der Waals surface area contributed by atoms with Crippen LogP contribution < -0.4 is 19.5 Å². The maximum Gasteiger partial charge on any atom is 0.240 e. The van der Waals surface area contributed by atoms with Gasteiger partial charge >= 0.3 is 0 Å². The minimum Gasteiger partial charge on any atom is -0.454 e. The predicted octanol–water partition coefficient (Wildman–Crippen LogP) is 2.57. The molecule has 142 valence electrons. The number of anilines is 1. The van der Waals surface area contributed by atoms with Gasteiger partial charge in [-0.25, -0.2) is 13.1 Å². The molecule has 2 aromatic rings. The molecule has 2 aromatic carbocycles. The van der Waals surface area contributed by atoms with Crippen LogP contribution in [-0.4, -0.2) is 26.9 Å². The fourth-order valence-electron chi connectivity index (χ4n) is 2.76. The first-order chi connectivity index (χ1) is 12.9. The minimum absolute atomic E-state index is 0.107. The van der Waals surface area contributed by atoms with Crippen LogP contribution in [0.3, 0.4) is 0 Å². The Labute approximate surface area is 161 Å². The van der Waals surface area contributed by atoms with E-state index in [0.717, 1.165) is 10.5 Å². The van der Waals surface area contributed by atoms with Crippen molar-refractivity contribution in [2.24, 2.45) is 5.92 Å². The molecule has 2 aliphatic rings. The molecule has 7 nitrogen and oxygen atoms in total. The van der Waals surface area contributed by atoms with Crippen LogP contribution in [0.4, 0.5) is 5.69 Å². The van der Waals surface area contributed by atoms with E-state index < -0.39 is 10.0 Å². The summed E-state index contributed by atoms with van der Waals surface area (Å²) in [7, 11) is -3.73. The van der Waals surface area contributed by atoms with Crippen LogP contribution in [-0.2, 0) is 21.4 Å². The van der Waals surface area contributed by atoms with Gasteiger partial charge in [-0.1, -0.05) is 13.0 Å². The summed E-state index contributed by atoms with van der Waals surface area (Å²) in [6.07, 6.45) is 0. The quantitative estimate of drug-likeness (QED) is 0.811. The summed E-state index contributed by atoms with van der Waals surface area (Å²) in [6, 6.07) is 10.1. The number of nitrogens with one attached hydrogen (secondary N) is 2. The zero-order chi connectivity index (χ0) is 19.0. The third-order valence-electron chi connectivity index (χ3n) is 4.36. The SMILES string of the molecule is CC1CSc2ccc(S(=O)(=O)NCc3ccc4c(c3)OCO4)cc2NC1=O. The number of thioether (sulfide) groups is 1. The van der Waals surface area contributed by atoms with Gasteiger partial charge in [-0.2, -0.15) is 0 Å². The summed E-state index contributed by atoms with van der Waals surface area (Å²) in [5, 5.41) is 2.80. The van der Waals surface area contributed by atoms with Gasteiger partial charge in [0.2, 0.25) is 22.7 Å². The summed E-state index contributed by atoms with van der Waals surface area (Å²) >= 11 is 1.54. The first kappa shape index (κ1) is 18.1. The van der Waals surface area contributed by atoms with Crippen LogP contribution in [0.5, 0.6) is 11.5 Å². The van der Waals surface area contributed by atoms with Crippen LogP contribution in [0.2, 0.25) is 0 Å². The molecule has 0 saturated heterocycles. The molecule has 1 atom stereocenters. The van der Waals surface area contributed by atoms with Gasteiger partial charge in [0.15, 0.2) is 11.5 Å². The summed E-state index contributed by atoms with van der Waals surface area (Å²) in [4.78, 5) is 13.0. The van der Waals surface area contributed by atoms with E-state index in [1.54, 1.807) is 30.3 Å². The first-order valence-electron chi connectivity index (χ1n) is 8.38. The van der Waals surface area contributed by atoms with Crippen molar-refractivity contribution < 1.29 is 22.7 Å². The van der Waals surface area contributed by atoms with Gasteiger partial charge in [0, 0.05) is 23.1 Å². The monoisotopic (exact) mass is 406 g/mol. The average molecular weight is 406 g/mol. The van der Waals surface area contributed by atoms with Crippen molar-refractivity contribution in [2.45, 2.75) is 23.3 Å². The maximum absolute atomic E-state index is 12.7. The summed E-state index contributed by atoms with van der Waals surface area (Å²) < 4.78 is 38.5. The van der Waals surface area contributed by atoms with E-state index in [-0.39, 0.29) is 30.1 Å². The van der Waals surface area contributed by atoms with Crippen molar-refractivity contribution in [3.05, 3.63) is 42.0 Å². The number of hydrogen-bond acceptors (Lipinski definition) is 6. The van der Waals surface area contributed by atoms with E-state index in [1.807, 2.05) is 6.92 Å². The fraction of sp³-hybridized carbons (Fsp3) is 0.278. The lowest BCUT2D eigenvalue weighted by Crippen LogP contribution is -2.24. The van der Waals surface area contributed by atoms with Crippen molar-refractivity contribution in [2.75, 3.05) is 17.9 Å². The van der Waals surface area contributed by atoms with E-state index in [9.17, 15) is 13.2 Å². The number of carbonyl (C=O) groups is 1. The van der Waals surface area contributed by atoms with Gasteiger partial charge < -0.3 is 14.8 Å². The molecule has 0 spiro atoms. The van der Waals surface area contributed by atoms with E-state index in [0.29, 0.717) is 22.9 Å². The second-order valence-corrected chi connectivity index (χ2v) is 9.20. The molecule has 1 unspecified atom stereocenters. The standard InChI is InChI=1S/C18H18N2O5S2/c1-11-9-26-17-5-3-13(7-14(17)20-18(11)21)27(22,23)19-8-12-2-4-15-16(6-12)25-10-24-15/h2-7,11,19H,8-10H2,1H3,(H,20,21). The smallest absolute Gasteiger partial charge is 0.240 e. The molecule has 2 heterocycles. The number of sulfonamides is 1. The highest BCUT2D eigenvalue weighted by Crippen LogP contribution is 2.34. The summed E-state index contributed by atoms with van der Waals surface area (Å²) in [5.74, 6) is 1.67. The van der Waals surface area contributed by atoms with Crippen LogP contribution in [0.15, 0.2) is 46.2 Å². The van der Waals surface area contributed by atoms with Gasteiger partial charge in [0.25, 0.3) is 0 Å². The highest BCUT2D eigenvalue weighted by molar-refractivity contribution is 7.99. The normalized spacial score (nSPS) is 18.6. The lowest BCUT2D eigenvalue weighted by atomic mass is 10.2. The Morgan fingerprint density at radius 3 is 2.85 bits per heavy atom. The number of hydrogen-bond donors (Lipinski definition) is 2. The number of amides is 1. The highest BCUT2D eigenvalue weighted by atomic mass is 32.2. The van der Waals surface area contributed by atoms with Gasteiger partial charge in [-0.3, -0.25) is 4.79 Å². The zero-order valence-electron chi connectivity index (χ0n) is 14.5. The predicted molar refractivity (Wildman–Crippen MR) is 102 cm³/mol. The Kier molecular flexibility index (Phi) is 4.75. The topological polar surface area (TPSA) is 93.7 Å². The maximum atomic E-state index is 12.7. The van der Waals surface area contributed by atoms with Gasteiger partial charge in [-0.05, 0) is 35.9 Å². The van der Waals surface area contributed by atoms with E-state index in [1.165, 1.54) is 17.8 Å². The van der Waals surface area contributed by atoms with E-state index >= 15 is 0 Å². The molecule has 0 fully saturated rings. The van der Waals surface area contributed by atoms with Crippen LogP contribution in [0.1, 0.15) is 12.5 Å². The van der Waals surface area contributed by atoms with Crippen molar-refractivity contribution in [1.82, 2.24) is 4.72 Å². The Bertz CT molecular complexity index is 1010. The number of carbonyl (C=O) groups excluding carboxylic acids is 1. The number of benzene rings is 2. The molecule has 0 saturated carbocycles. The molecule has 27 heavy (non-hydrogen) atoms.